The summed E-state index contributed by atoms with van der Waals surface area (Å²) in [6.07, 6.45) is 0.850. The number of methoxy groups -OCH3 is 2. The molecule has 178 valence electrons. The molecule has 2 aliphatic rings. The van der Waals surface area contributed by atoms with Crippen LogP contribution in [0.4, 0.5) is 5.69 Å². The smallest absolute Gasteiger partial charge is 0.275 e. The van der Waals surface area contributed by atoms with E-state index < -0.39 is 10.8 Å². The zero-order valence-electron chi connectivity index (χ0n) is 18.7. The summed E-state index contributed by atoms with van der Waals surface area (Å²) in [4.78, 5) is 27.7. The lowest BCUT2D eigenvalue weighted by Gasteiger charge is -2.43. The summed E-state index contributed by atoms with van der Waals surface area (Å²) in [6.45, 7) is 1.31. The highest BCUT2D eigenvalue weighted by molar-refractivity contribution is 5.93. The second kappa shape index (κ2) is 8.50. The van der Waals surface area contributed by atoms with Gasteiger partial charge in [0, 0.05) is 36.8 Å². The Labute approximate surface area is 194 Å². The van der Waals surface area contributed by atoms with Crippen molar-refractivity contribution in [2.45, 2.75) is 18.9 Å². The van der Waals surface area contributed by atoms with Crippen LogP contribution in [-0.4, -0.2) is 58.1 Å². The Morgan fingerprint density at radius 1 is 1.15 bits per heavy atom. The molecule has 2 N–H and O–H groups in total. The topological polar surface area (TPSA) is 136 Å². The Morgan fingerprint density at radius 3 is 2.68 bits per heavy atom. The number of nitrogens with one attached hydrogen (secondary N) is 1. The van der Waals surface area contributed by atoms with Crippen LogP contribution in [-0.2, 0) is 6.54 Å². The average Bonchev–Trinajstić information content (AvgIpc) is 3.33. The van der Waals surface area contributed by atoms with Crippen LogP contribution in [0.15, 0.2) is 41.2 Å². The fourth-order valence-corrected chi connectivity index (χ4v) is 4.99. The van der Waals surface area contributed by atoms with Crippen LogP contribution < -0.4 is 20.3 Å². The molecule has 2 atom stereocenters. The quantitative estimate of drug-likeness (QED) is 0.546. The van der Waals surface area contributed by atoms with Gasteiger partial charge in [-0.3, -0.25) is 19.9 Å². The summed E-state index contributed by atoms with van der Waals surface area (Å²) in [6, 6.07) is 10.1. The van der Waals surface area contributed by atoms with Gasteiger partial charge in [-0.05, 0) is 48.7 Å². The van der Waals surface area contributed by atoms with Crippen molar-refractivity contribution in [1.82, 2.24) is 19.7 Å². The first-order chi connectivity index (χ1) is 16.4. The van der Waals surface area contributed by atoms with Gasteiger partial charge in [-0.25, -0.2) is 0 Å². The van der Waals surface area contributed by atoms with E-state index in [0.29, 0.717) is 42.5 Å². The molecule has 0 aliphatic carbocycles. The molecule has 3 aromatic rings. The number of aromatic amines is 1. The van der Waals surface area contributed by atoms with Crippen molar-refractivity contribution in [3.63, 3.8) is 0 Å². The van der Waals surface area contributed by atoms with Crippen LogP contribution in [0, 0.1) is 11.1 Å². The van der Waals surface area contributed by atoms with E-state index in [1.54, 1.807) is 48.0 Å². The van der Waals surface area contributed by atoms with Crippen LogP contribution in [0.5, 0.6) is 11.5 Å². The largest absolute Gasteiger partial charge is 0.733 e. The number of pyridine rings is 1. The number of nitrogens with zero attached hydrogens (tertiary/aromatic N) is 4. The normalized spacial score (nSPS) is 18.9. The number of fused-ring (bicyclic) bond motifs is 4. The number of amides is 1. The fraction of sp³-hybridized carbons (Fsp3) is 0.348. The van der Waals surface area contributed by atoms with E-state index in [2.05, 4.69) is 10.2 Å². The van der Waals surface area contributed by atoms with Gasteiger partial charge in [0.2, 0.25) is 0 Å². The molecule has 34 heavy (non-hydrogen) atoms. The van der Waals surface area contributed by atoms with Crippen molar-refractivity contribution in [3.05, 3.63) is 63.3 Å². The van der Waals surface area contributed by atoms with Crippen molar-refractivity contribution >= 4 is 11.6 Å². The van der Waals surface area contributed by atoms with Crippen LogP contribution in [0.2, 0.25) is 0 Å². The third kappa shape index (κ3) is 3.68. The van der Waals surface area contributed by atoms with E-state index in [0.717, 1.165) is 17.7 Å². The number of H-pyrrole nitrogens is 1. The minimum absolute atomic E-state index is 0.0368. The second-order valence-corrected chi connectivity index (χ2v) is 8.58. The molecule has 11 heteroatoms. The number of hydrogen-bond acceptors (Lipinski definition) is 8. The minimum atomic E-state index is -0.516. The number of carbonyl (C=O) groups is 1. The summed E-state index contributed by atoms with van der Waals surface area (Å²) in [5.74, 6) is 1.03. The zero-order valence-corrected chi connectivity index (χ0v) is 18.7. The molecular weight excluding hydrogens is 442 g/mol. The summed E-state index contributed by atoms with van der Waals surface area (Å²) in [5, 5.41) is 27.2. The Balaban J connectivity index is 1.37. The highest BCUT2D eigenvalue weighted by Gasteiger charge is 2.37. The summed E-state index contributed by atoms with van der Waals surface area (Å²) in [5.41, 5.74) is 1.70. The molecule has 1 saturated heterocycles. The molecule has 2 aromatic heterocycles. The van der Waals surface area contributed by atoms with E-state index in [9.17, 15) is 20.0 Å². The maximum absolute atomic E-state index is 13.3. The second-order valence-electron chi connectivity index (χ2n) is 8.58. The van der Waals surface area contributed by atoms with E-state index in [1.165, 1.54) is 6.07 Å². The molecule has 5 rings (SSSR count). The highest BCUT2D eigenvalue weighted by Crippen LogP contribution is 2.36. The van der Waals surface area contributed by atoms with E-state index in [-0.39, 0.29) is 23.4 Å². The Bertz CT molecular complexity index is 1300. The maximum atomic E-state index is 13.3. The molecule has 0 saturated carbocycles. The Hall–Kier alpha value is -3.83. The number of aromatic nitrogens is 3. The van der Waals surface area contributed by atoms with Crippen molar-refractivity contribution < 1.29 is 19.5 Å². The van der Waals surface area contributed by atoms with E-state index in [4.69, 9.17) is 9.47 Å². The number of ether oxygens (including phenoxy) is 2. The number of rotatable bonds is 5. The van der Waals surface area contributed by atoms with Gasteiger partial charge in [0.1, 0.15) is 11.4 Å². The van der Waals surface area contributed by atoms with Crippen LogP contribution in [0.3, 0.4) is 0 Å². The average molecular weight is 466 g/mol. The maximum Gasteiger partial charge on any atom is 0.275 e. The van der Waals surface area contributed by atoms with Crippen molar-refractivity contribution in [1.29, 1.82) is 0 Å². The molecule has 2 aliphatic heterocycles. The van der Waals surface area contributed by atoms with E-state index in [1.807, 2.05) is 6.07 Å². The van der Waals surface area contributed by atoms with Crippen molar-refractivity contribution in [3.8, 4) is 22.8 Å². The number of benzene rings is 1. The van der Waals surface area contributed by atoms with Gasteiger partial charge in [-0.2, -0.15) is 5.10 Å². The lowest BCUT2D eigenvalue weighted by molar-refractivity contribution is 0.0588. The summed E-state index contributed by atoms with van der Waals surface area (Å²) < 4.78 is 12.2. The van der Waals surface area contributed by atoms with Gasteiger partial charge < -0.3 is 29.4 Å². The fourth-order valence-electron chi connectivity index (χ4n) is 4.99. The molecule has 0 spiro atoms. The predicted molar refractivity (Wildman–Crippen MR) is 122 cm³/mol. The van der Waals surface area contributed by atoms with Gasteiger partial charge in [-0.15, -0.1) is 0 Å². The number of hydrogen-bond donors (Lipinski definition) is 2. The minimum Gasteiger partial charge on any atom is -0.733 e. The Kier molecular flexibility index (Phi) is 5.50. The van der Waals surface area contributed by atoms with Crippen LogP contribution in [0.1, 0.15) is 28.5 Å². The number of anilines is 1. The van der Waals surface area contributed by atoms with Gasteiger partial charge >= 0.3 is 0 Å². The molecule has 2 bridgehead atoms. The number of likely N-dealkylation sites (tertiary alicyclic amines) is 1. The molecule has 1 amide bonds. The van der Waals surface area contributed by atoms with Crippen LogP contribution >= 0.6 is 0 Å². The van der Waals surface area contributed by atoms with Gasteiger partial charge in [0.05, 0.1) is 19.9 Å². The van der Waals surface area contributed by atoms with Gasteiger partial charge in [-0.1, -0.05) is 0 Å². The molecule has 11 nitrogen and oxygen atoms in total. The monoisotopic (exact) mass is 466 g/mol. The molecular formula is C23H24N5O6-. The molecule has 0 radical (unpaired) electrons. The Morgan fingerprint density at radius 2 is 1.94 bits per heavy atom. The molecule has 4 heterocycles. The highest BCUT2D eigenvalue weighted by atomic mass is 16.8. The SMILES string of the molecule is COc1ccc(-c2cc(C(=O)N3CC4CC(C3)c3ccc(N([O-])O)c(=O)n3C4)[nH]n2)cc1OC. The van der Waals surface area contributed by atoms with Crippen molar-refractivity contribution in [2.24, 2.45) is 5.92 Å². The molecule has 2 unspecified atom stereocenters. The molecule has 1 fully saturated rings. The number of piperidine rings is 1. The lowest BCUT2D eigenvalue weighted by atomic mass is 9.83. The third-order valence-electron chi connectivity index (χ3n) is 6.57. The first-order valence-corrected chi connectivity index (χ1v) is 10.9. The first-order valence-electron chi connectivity index (χ1n) is 10.9. The zero-order chi connectivity index (χ0) is 24.0. The summed E-state index contributed by atoms with van der Waals surface area (Å²) >= 11 is 0. The van der Waals surface area contributed by atoms with Gasteiger partial charge in [0.25, 0.3) is 11.5 Å². The first kappa shape index (κ1) is 22.0. The number of carbonyl (C=O) groups excluding carboxylic acids is 1. The van der Waals surface area contributed by atoms with Crippen molar-refractivity contribution in [2.75, 3.05) is 32.5 Å². The molecule has 1 aromatic carbocycles. The third-order valence-corrected chi connectivity index (χ3v) is 6.57. The standard InChI is InChI=1S/C23H24N5O6/c1-33-20-6-3-14(8-21(20)34-2)16-9-17(25-24-16)22(29)26-10-13-7-15(12-26)18-4-5-19(28(31)32)23(30)27(18)11-13/h3-6,8-9,13,15,31H,7,10-12H2,1-2H3,(H,24,25)/q-1. The lowest BCUT2D eigenvalue weighted by Crippen LogP contribution is -2.49. The predicted octanol–water partition coefficient (Wildman–Crippen LogP) is 2.21. The van der Waals surface area contributed by atoms with E-state index >= 15 is 0 Å². The summed E-state index contributed by atoms with van der Waals surface area (Å²) in [7, 11) is 3.12. The van der Waals surface area contributed by atoms with Gasteiger partial charge in [0.15, 0.2) is 11.5 Å². The van der Waals surface area contributed by atoms with Crippen LogP contribution in [0.25, 0.3) is 11.3 Å².